The van der Waals surface area contributed by atoms with Gasteiger partial charge in [0.25, 0.3) is 0 Å². The Morgan fingerprint density at radius 3 is 2.31 bits per heavy atom. The number of carbonyl (C=O) groups is 1. The Morgan fingerprint density at radius 1 is 1.46 bits per heavy atom. The average molecular weight is 180 g/mol. The van der Waals surface area contributed by atoms with Crippen molar-refractivity contribution in [2.24, 2.45) is 5.73 Å². The highest BCUT2D eigenvalue weighted by Gasteiger charge is 2.11. The second-order valence-electron chi connectivity index (χ2n) is 3.51. The summed E-state index contributed by atoms with van der Waals surface area (Å²) in [6, 6.07) is 4.26. The molecule has 1 unspecified atom stereocenters. The van der Waals surface area contributed by atoms with E-state index in [-0.39, 0.29) is 11.9 Å². The minimum absolute atomic E-state index is 0.160. The second kappa shape index (κ2) is 3.64. The maximum absolute atomic E-state index is 10.7. The summed E-state index contributed by atoms with van der Waals surface area (Å²) < 4.78 is 2.13. The SMILES string of the molecule is Cc1ccc(C)n1C(C)CC(N)=O. The second-order valence-corrected chi connectivity index (χ2v) is 3.51. The summed E-state index contributed by atoms with van der Waals surface area (Å²) >= 11 is 0. The van der Waals surface area contributed by atoms with E-state index in [1.807, 2.05) is 32.9 Å². The lowest BCUT2D eigenvalue weighted by Gasteiger charge is -2.16. The third-order valence-electron chi connectivity index (χ3n) is 2.26. The van der Waals surface area contributed by atoms with Crippen LogP contribution in [-0.4, -0.2) is 10.5 Å². The predicted octanol–water partition coefficient (Wildman–Crippen LogP) is 1.54. The molecular formula is C10H16N2O. The fraction of sp³-hybridized carbons (Fsp3) is 0.500. The Kier molecular flexibility index (Phi) is 2.76. The molecule has 0 aromatic carbocycles. The van der Waals surface area contributed by atoms with E-state index in [0.29, 0.717) is 6.42 Å². The van der Waals surface area contributed by atoms with Gasteiger partial charge < -0.3 is 10.3 Å². The highest BCUT2D eigenvalue weighted by molar-refractivity contribution is 5.74. The third-order valence-corrected chi connectivity index (χ3v) is 2.26. The quantitative estimate of drug-likeness (QED) is 0.753. The van der Waals surface area contributed by atoms with Crippen molar-refractivity contribution in [2.45, 2.75) is 33.2 Å². The molecule has 3 heteroatoms. The molecule has 0 spiro atoms. The van der Waals surface area contributed by atoms with Gasteiger partial charge in [-0.05, 0) is 32.9 Å². The molecule has 0 aliphatic heterocycles. The van der Waals surface area contributed by atoms with Crippen LogP contribution in [0.4, 0.5) is 0 Å². The van der Waals surface area contributed by atoms with Crippen LogP contribution < -0.4 is 5.73 Å². The molecule has 1 aromatic heterocycles. The number of nitrogens with two attached hydrogens (primary N) is 1. The minimum atomic E-state index is -0.250. The van der Waals surface area contributed by atoms with Crippen LogP contribution in [0.25, 0.3) is 0 Å². The van der Waals surface area contributed by atoms with Gasteiger partial charge in [0.05, 0.1) is 0 Å². The molecule has 72 valence electrons. The first-order valence-corrected chi connectivity index (χ1v) is 4.45. The van der Waals surface area contributed by atoms with Crippen LogP contribution in [0, 0.1) is 13.8 Å². The van der Waals surface area contributed by atoms with Crippen LogP contribution in [-0.2, 0) is 4.79 Å². The molecule has 1 aromatic rings. The molecule has 1 amide bonds. The molecule has 1 rings (SSSR count). The van der Waals surface area contributed by atoms with Crippen molar-refractivity contribution in [3.63, 3.8) is 0 Å². The van der Waals surface area contributed by atoms with Gasteiger partial charge in [0, 0.05) is 23.9 Å². The van der Waals surface area contributed by atoms with Crippen molar-refractivity contribution in [1.82, 2.24) is 4.57 Å². The molecule has 0 aliphatic rings. The number of amides is 1. The van der Waals surface area contributed by atoms with E-state index < -0.39 is 0 Å². The Labute approximate surface area is 78.5 Å². The number of primary amides is 1. The van der Waals surface area contributed by atoms with E-state index >= 15 is 0 Å². The Morgan fingerprint density at radius 2 is 1.92 bits per heavy atom. The Bertz CT molecular complexity index is 295. The van der Waals surface area contributed by atoms with Crippen molar-refractivity contribution in [3.05, 3.63) is 23.5 Å². The van der Waals surface area contributed by atoms with E-state index in [1.165, 1.54) is 11.4 Å². The Hall–Kier alpha value is -1.25. The summed E-state index contributed by atoms with van der Waals surface area (Å²) in [6.07, 6.45) is 0.399. The average Bonchev–Trinajstić information content (AvgIpc) is 2.29. The van der Waals surface area contributed by atoms with Crippen molar-refractivity contribution >= 4 is 5.91 Å². The van der Waals surface area contributed by atoms with Crippen molar-refractivity contribution in [2.75, 3.05) is 0 Å². The molecule has 0 radical (unpaired) electrons. The van der Waals surface area contributed by atoms with Gasteiger partial charge in [0.1, 0.15) is 0 Å². The van der Waals surface area contributed by atoms with Crippen LogP contribution in [0.2, 0.25) is 0 Å². The highest BCUT2D eigenvalue weighted by atomic mass is 16.1. The van der Waals surface area contributed by atoms with Crippen LogP contribution >= 0.6 is 0 Å². The lowest BCUT2D eigenvalue weighted by atomic mass is 10.2. The van der Waals surface area contributed by atoms with Crippen molar-refractivity contribution in [3.8, 4) is 0 Å². The van der Waals surface area contributed by atoms with Crippen LogP contribution in [0.5, 0.6) is 0 Å². The molecule has 0 fully saturated rings. The molecule has 0 saturated carbocycles. The van der Waals surface area contributed by atoms with Gasteiger partial charge in [-0.3, -0.25) is 4.79 Å². The van der Waals surface area contributed by atoms with Crippen molar-refractivity contribution in [1.29, 1.82) is 0 Å². The van der Waals surface area contributed by atoms with E-state index in [0.717, 1.165) is 0 Å². The molecule has 3 nitrogen and oxygen atoms in total. The number of aromatic nitrogens is 1. The van der Waals surface area contributed by atoms with E-state index in [4.69, 9.17) is 5.73 Å². The molecule has 1 heterocycles. The predicted molar refractivity (Wildman–Crippen MR) is 52.4 cm³/mol. The summed E-state index contributed by atoms with van der Waals surface area (Å²) in [4.78, 5) is 10.7. The normalized spacial score (nSPS) is 12.8. The zero-order valence-corrected chi connectivity index (χ0v) is 8.37. The van der Waals surface area contributed by atoms with Gasteiger partial charge >= 0.3 is 0 Å². The molecule has 0 bridgehead atoms. The number of nitrogens with zero attached hydrogens (tertiary/aromatic N) is 1. The van der Waals surface area contributed by atoms with E-state index in [1.54, 1.807) is 0 Å². The fourth-order valence-electron chi connectivity index (χ4n) is 1.76. The molecule has 0 aliphatic carbocycles. The van der Waals surface area contributed by atoms with Crippen molar-refractivity contribution < 1.29 is 4.79 Å². The number of hydrogen-bond donors (Lipinski definition) is 1. The van der Waals surface area contributed by atoms with Gasteiger partial charge in [-0.15, -0.1) is 0 Å². The molecule has 0 saturated heterocycles. The first kappa shape index (κ1) is 9.84. The topological polar surface area (TPSA) is 48.0 Å². The summed E-state index contributed by atoms with van der Waals surface area (Å²) in [5, 5.41) is 0. The maximum atomic E-state index is 10.7. The molecule has 1 atom stereocenters. The number of carbonyl (C=O) groups excluding carboxylic acids is 1. The lowest BCUT2D eigenvalue weighted by Crippen LogP contribution is -2.18. The lowest BCUT2D eigenvalue weighted by molar-refractivity contribution is -0.118. The zero-order chi connectivity index (χ0) is 10.0. The standard InChI is InChI=1S/C10H16N2O/c1-7-4-5-8(2)12(7)9(3)6-10(11)13/h4-5,9H,6H2,1-3H3,(H2,11,13). The van der Waals surface area contributed by atoms with Gasteiger partial charge in [0.15, 0.2) is 0 Å². The zero-order valence-electron chi connectivity index (χ0n) is 8.37. The van der Waals surface area contributed by atoms with Gasteiger partial charge in [0.2, 0.25) is 5.91 Å². The van der Waals surface area contributed by atoms with Crippen LogP contribution in [0.3, 0.4) is 0 Å². The smallest absolute Gasteiger partial charge is 0.219 e. The number of hydrogen-bond acceptors (Lipinski definition) is 1. The molecular weight excluding hydrogens is 164 g/mol. The van der Waals surface area contributed by atoms with E-state index in [2.05, 4.69) is 4.57 Å². The molecule has 13 heavy (non-hydrogen) atoms. The number of aryl methyl sites for hydroxylation is 2. The Balaban J connectivity index is 2.87. The molecule has 2 N–H and O–H groups in total. The summed E-state index contributed by atoms with van der Waals surface area (Å²) in [7, 11) is 0. The summed E-state index contributed by atoms with van der Waals surface area (Å²) in [6.45, 7) is 6.07. The minimum Gasteiger partial charge on any atom is -0.370 e. The van der Waals surface area contributed by atoms with Crippen LogP contribution in [0.15, 0.2) is 12.1 Å². The van der Waals surface area contributed by atoms with Crippen LogP contribution in [0.1, 0.15) is 30.8 Å². The van der Waals surface area contributed by atoms with Gasteiger partial charge in [-0.2, -0.15) is 0 Å². The summed E-state index contributed by atoms with van der Waals surface area (Å²) in [5.41, 5.74) is 7.49. The first-order valence-electron chi connectivity index (χ1n) is 4.45. The number of rotatable bonds is 3. The third kappa shape index (κ3) is 2.11. The van der Waals surface area contributed by atoms with Gasteiger partial charge in [-0.25, -0.2) is 0 Å². The largest absolute Gasteiger partial charge is 0.370 e. The van der Waals surface area contributed by atoms with E-state index in [9.17, 15) is 4.79 Å². The highest BCUT2D eigenvalue weighted by Crippen LogP contribution is 2.17. The summed E-state index contributed by atoms with van der Waals surface area (Å²) in [5.74, 6) is -0.250. The maximum Gasteiger partial charge on any atom is 0.219 e. The monoisotopic (exact) mass is 180 g/mol. The van der Waals surface area contributed by atoms with Gasteiger partial charge in [-0.1, -0.05) is 0 Å². The first-order chi connectivity index (χ1) is 6.02. The fourth-order valence-corrected chi connectivity index (χ4v) is 1.76.